The molecule has 1 fully saturated rings. The first kappa shape index (κ1) is 21.4. The highest BCUT2D eigenvalue weighted by atomic mass is 35.5. The molecule has 0 aromatic heterocycles. The molecule has 1 saturated heterocycles. The molecule has 0 radical (unpaired) electrons. The molecule has 3 aromatic rings. The first-order valence-corrected chi connectivity index (χ1v) is 10.7. The van der Waals surface area contributed by atoms with Crippen molar-refractivity contribution >= 4 is 23.2 Å². The van der Waals surface area contributed by atoms with Crippen LogP contribution in [0.3, 0.4) is 0 Å². The van der Waals surface area contributed by atoms with Crippen molar-refractivity contribution in [1.82, 2.24) is 4.90 Å². The lowest BCUT2D eigenvalue weighted by atomic mass is 10.1. The van der Waals surface area contributed by atoms with Crippen molar-refractivity contribution < 1.29 is 14.3 Å². The Hall–Kier alpha value is -2.86. The number of hydrogen-bond donors (Lipinski definition) is 1. The molecular formula is C25H25ClN2O3. The Morgan fingerprint density at radius 1 is 0.968 bits per heavy atom. The number of ether oxygens (including phenoxy) is 2. The second-order valence-corrected chi connectivity index (χ2v) is 7.87. The number of morpholine rings is 1. The van der Waals surface area contributed by atoms with E-state index in [0.29, 0.717) is 22.9 Å². The summed E-state index contributed by atoms with van der Waals surface area (Å²) in [5.74, 6) is 0.279. The highest BCUT2D eigenvalue weighted by Gasteiger charge is 2.12. The minimum absolute atomic E-state index is 0.206. The maximum atomic E-state index is 12.7. The van der Waals surface area contributed by atoms with Crippen LogP contribution in [0.4, 0.5) is 5.69 Å². The van der Waals surface area contributed by atoms with Gasteiger partial charge in [0.05, 0.1) is 18.2 Å². The number of carbonyl (C=O) groups excluding carboxylic acids is 1. The van der Waals surface area contributed by atoms with Gasteiger partial charge in [-0.1, -0.05) is 54.1 Å². The lowest BCUT2D eigenvalue weighted by Gasteiger charge is -2.26. The van der Waals surface area contributed by atoms with Gasteiger partial charge in [-0.05, 0) is 41.5 Å². The number of anilines is 1. The molecule has 1 aliphatic rings. The fourth-order valence-corrected chi connectivity index (χ4v) is 3.58. The highest BCUT2D eigenvalue weighted by molar-refractivity contribution is 6.32. The van der Waals surface area contributed by atoms with Crippen LogP contribution in [-0.4, -0.2) is 37.1 Å². The molecule has 0 aliphatic carbocycles. The van der Waals surface area contributed by atoms with Crippen molar-refractivity contribution in [1.29, 1.82) is 0 Å². The van der Waals surface area contributed by atoms with E-state index in [4.69, 9.17) is 21.1 Å². The summed E-state index contributed by atoms with van der Waals surface area (Å²) in [6.45, 7) is 4.74. The predicted octanol–water partition coefficient (Wildman–Crippen LogP) is 5.00. The van der Waals surface area contributed by atoms with E-state index in [1.807, 2.05) is 54.6 Å². The molecule has 0 saturated carbocycles. The molecule has 160 valence electrons. The molecule has 1 N–H and O–H groups in total. The van der Waals surface area contributed by atoms with Gasteiger partial charge < -0.3 is 14.8 Å². The van der Waals surface area contributed by atoms with Gasteiger partial charge in [-0.25, -0.2) is 0 Å². The lowest BCUT2D eigenvalue weighted by Crippen LogP contribution is -2.35. The first-order chi connectivity index (χ1) is 15.2. The van der Waals surface area contributed by atoms with Crippen LogP contribution in [0.1, 0.15) is 21.5 Å². The summed E-state index contributed by atoms with van der Waals surface area (Å²) in [6.07, 6.45) is 0. The zero-order chi connectivity index (χ0) is 21.5. The maximum Gasteiger partial charge on any atom is 0.255 e. The molecular weight excluding hydrogens is 412 g/mol. The summed E-state index contributed by atoms with van der Waals surface area (Å²) in [7, 11) is 0. The van der Waals surface area contributed by atoms with Crippen LogP contribution in [0, 0.1) is 0 Å². The Kier molecular flexibility index (Phi) is 7.20. The molecule has 5 nitrogen and oxygen atoms in total. The smallest absolute Gasteiger partial charge is 0.255 e. The fourth-order valence-electron chi connectivity index (χ4n) is 3.40. The van der Waals surface area contributed by atoms with Gasteiger partial charge in [0, 0.05) is 30.9 Å². The molecule has 0 atom stereocenters. The molecule has 6 heteroatoms. The fraction of sp³-hybridized carbons (Fsp3) is 0.240. The van der Waals surface area contributed by atoms with Crippen LogP contribution in [0.15, 0.2) is 72.8 Å². The molecule has 0 unspecified atom stereocenters. The van der Waals surface area contributed by atoms with Gasteiger partial charge in [0.25, 0.3) is 5.91 Å². The van der Waals surface area contributed by atoms with Crippen LogP contribution in [-0.2, 0) is 17.9 Å². The third-order valence-corrected chi connectivity index (χ3v) is 5.46. The number of hydrogen-bond acceptors (Lipinski definition) is 4. The molecule has 1 amide bonds. The van der Waals surface area contributed by atoms with Crippen molar-refractivity contribution in [2.24, 2.45) is 0 Å². The van der Waals surface area contributed by atoms with E-state index < -0.39 is 0 Å². The molecule has 3 aromatic carbocycles. The monoisotopic (exact) mass is 436 g/mol. The Balaban J connectivity index is 1.36. The van der Waals surface area contributed by atoms with Crippen molar-refractivity contribution in [2.75, 3.05) is 31.6 Å². The molecule has 4 rings (SSSR count). The normalized spacial score (nSPS) is 14.2. The summed E-state index contributed by atoms with van der Waals surface area (Å²) in [5.41, 5.74) is 3.48. The number of benzene rings is 3. The van der Waals surface area contributed by atoms with Crippen LogP contribution in [0.2, 0.25) is 5.02 Å². The number of rotatable bonds is 7. The first-order valence-electron chi connectivity index (χ1n) is 10.3. The van der Waals surface area contributed by atoms with Gasteiger partial charge in [0.1, 0.15) is 12.4 Å². The lowest BCUT2D eigenvalue weighted by molar-refractivity contribution is 0.0342. The highest BCUT2D eigenvalue weighted by Crippen LogP contribution is 2.27. The second kappa shape index (κ2) is 10.4. The van der Waals surface area contributed by atoms with E-state index in [1.54, 1.807) is 18.2 Å². The van der Waals surface area contributed by atoms with Crippen LogP contribution in [0.25, 0.3) is 0 Å². The molecule has 31 heavy (non-hydrogen) atoms. The minimum atomic E-state index is -0.206. The predicted molar refractivity (Wildman–Crippen MR) is 123 cm³/mol. The Labute approximate surface area is 187 Å². The summed E-state index contributed by atoms with van der Waals surface area (Å²) in [6, 6.07) is 22.8. The summed E-state index contributed by atoms with van der Waals surface area (Å²) in [5, 5.41) is 3.41. The van der Waals surface area contributed by atoms with E-state index in [2.05, 4.69) is 10.2 Å². The summed E-state index contributed by atoms with van der Waals surface area (Å²) in [4.78, 5) is 15.1. The van der Waals surface area contributed by atoms with Crippen LogP contribution < -0.4 is 10.1 Å². The Morgan fingerprint density at radius 2 is 1.71 bits per heavy atom. The third-order valence-electron chi connectivity index (χ3n) is 5.15. The van der Waals surface area contributed by atoms with Gasteiger partial charge >= 0.3 is 0 Å². The Bertz CT molecular complexity index is 1000. The zero-order valence-corrected chi connectivity index (χ0v) is 18.0. The van der Waals surface area contributed by atoms with E-state index in [-0.39, 0.29) is 5.91 Å². The van der Waals surface area contributed by atoms with Crippen LogP contribution in [0.5, 0.6) is 5.75 Å². The number of nitrogens with zero attached hydrogens (tertiary/aromatic N) is 1. The maximum absolute atomic E-state index is 12.7. The average Bonchev–Trinajstić information content (AvgIpc) is 2.81. The number of amides is 1. The number of halogens is 1. The van der Waals surface area contributed by atoms with E-state index >= 15 is 0 Å². The molecule has 0 bridgehead atoms. The quantitative estimate of drug-likeness (QED) is 0.566. The van der Waals surface area contributed by atoms with Crippen LogP contribution >= 0.6 is 11.6 Å². The number of nitrogens with one attached hydrogen (secondary N) is 1. The Morgan fingerprint density at radius 3 is 2.45 bits per heavy atom. The SMILES string of the molecule is O=C(Nc1ccc(CN2CCOCC2)cc1)c1ccc(Cl)c(OCc2ccccc2)c1. The summed E-state index contributed by atoms with van der Waals surface area (Å²) < 4.78 is 11.2. The largest absolute Gasteiger partial charge is 0.487 e. The standard InChI is InChI=1S/C25H25ClN2O3/c26-23-11-8-21(16-24(23)31-18-20-4-2-1-3-5-20)25(29)27-22-9-6-19(7-10-22)17-28-12-14-30-15-13-28/h1-11,16H,12-15,17-18H2,(H,27,29). The zero-order valence-electron chi connectivity index (χ0n) is 17.2. The molecule has 0 spiro atoms. The average molecular weight is 437 g/mol. The van der Waals surface area contributed by atoms with Crippen molar-refractivity contribution in [2.45, 2.75) is 13.2 Å². The van der Waals surface area contributed by atoms with Gasteiger partial charge in [-0.2, -0.15) is 0 Å². The van der Waals surface area contributed by atoms with Gasteiger partial charge in [0.15, 0.2) is 0 Å². The van der Waals surface area contributed by atoms with Gasteiger partial charge in [-0.3, -0.25) is 9.69 Å². The van der Waals surface area contributed by atoms with Gasteiger partial charge in [-0.15, -0.1) is 0 Å². The van der Waals surface area contributed by atoms with Crippen molar-refractivity contribution in [3.63, 3.8) is 0 Å². The molecule has 1 aliphatic heterocycles. The topological polar surface area (TPSA) is 50.8 Å². The minimum Gasteiger partial charge on any atom is -0.487 e. The summed E-state index contributed by atoms with van der Waals surface area (Å²) >= 11 is 6.26. The van der Waals surface area contributed by atoms with Gasteiger partial charge in [0.2, 0.25) is 0 Å². The van der Waals surface area contributed by atoms with E-state index in [9.17, 15) is 4.79 Å². The third kappa shape index (κ3) is 6.07. The molecule has 1 heterocycles. The van der Waals surface area contributed by atoms with E-state index in [1.165, 1.54) is 5.56 Å². The second-order valence-electron chi connectivity index (χ2n) is 7.46. The van der Waals surface area contributed by atoms with Crippen molar-refractivity contribution in [3.8, 4) is 5.75 Å². The van der Waals surface area contributed by atoms with Crippen molar-refractivity contribution in [3.05, 3.63) is 94.5 Å². The van der Waals surface area contributed by atoms with E-state index in [0.717, 1.165) is 44.1 Å². The number of carbonyl (C=O) groups is 1.